The molecule has 68 heavy (non-hydrogen) atoms. The molecule has 392 valence electrons. The Morgan fingerprint density at radius 2 is 0.574 bits per heavy atom. The normalized spacial score (nSPS) is 12.6. The summed E-state index contributed by atoms with van der Waals surface area (Å²) in [6.45, 7) is 6.50. The van der Waals surface area contributed by atoms with Crippen molar-refractivity contribution in [3.8, 4) is 0 Å². The van der Waals surface area contributed by atoms with Crippen LogP contribution in [0.4, 0.5) is 0 Å². The molecular formula is C62H108O6. The van der Waals surface area contributed by atoms with Gasteiger partial charge in [-0.1, -0.05) is 248 Å². The number of unbranched alkanes of at least 4 members (excludes halogenated alkanes) is 29. The maximum atomic E-state index is 12.9. The fourth-order valence-corrected chi connectivity index (χ4v) is 8.11. The summed E-state index contributed by atoms with van der Waals surface area (Å²) in [4.78, 5) is 38.1. The molecule has 0 aliphatic carbocycles. The summed E-state index contributed by atoms with van der Waals surface area (Å²) in [5.74, 6) is -0.919. The van der Waals surface area contributed by atoms with Crippen molar-refractivity contribution < 1.29 is 28.6 Å². The Morgan fingerprint density at radius 3 is 0.941 bits per heavy atom. The highest BCUT2D eigenvalue weighted by Crippen LogP contribution is 2.16. The van der Waals surface area contributed by atoms with E-state index in [2.05, 4.69) is 93.7 Å². The molecule has 6 nitrogen and oxygen atoms in total. The molecule has 1 atom stereocenters. The van der Waals surface area contributed by atoms with Gasteiger partial charge in [0, 0.05) is 19.3 Å². The van der Waals surface area contributed by atoms with Crippen molar-refractivity contribution in [3.05, 3.63) is 72.9 Å². The molecule has 0 fully saturated rings. The van der Waals surface area contributed by atoms with Crippen LogP contribution in [0.5, 0.6) is 0 Å². The van der Waals surface area contributed by atoms with Gasteiger partial charge in [-0.25, -0.2) is 0 Å². The standard InChI is InChI=1S/C62H108O6/c1-4-7-10-13-16-19-22-25-27-29-31-33-34-37-40-43-46-49-52-55-61(64)67-58-59(57-66-60(63)54-51-48-45-42-39-36-24-21-18-15-12-9-6-3)68-62(65)56-53-50-47-44-41-38-35-32-30-28-26-23-20-17-14-11-8-5-2/h7,10,16,19,21,24-25,27,31,33,37,40,59H,4-6,8-9,11-15,17-18,20,22-23,26,28-30,32,34-36,38-39,41-58H2,1-3H3/b10-7-,19-16-,24-21-,27-25-,33-31-,40-37-/t59-/m1/s1. The smallest absolute Gasteiger partial charge is 0.306 e. The molecule has 0 aromatic carbocycles. The van der Waals surface area contributed by atoms with Gasteiger partial charge in [0.05, 0.1) is 0 Å². The van der Waals surface area contributed by atoms with E-state index in [0.717, 1.165) is 103 Å². The summed E-state index contributed by atoms with van der Waals surface area (Å²) >= 11 is 0. The number of hydrogen-bond acceptors (Lipinski definition) is 6. The van der Waals surface area contributed by atoms with Crippen LogP contribution in [-0.4, -0.2) is 37.2 Å². The molecule has 0 unspecified atom stereocenters. The van der Waals surface area contributed by atoms with E-state index in [1.54, 1.807) is 0 Å². The third-order valence-corrected chi connectivity index (χ3v) is 12.4. The van der Waals surface area contributed by atoms with Crippen LogP contribution in [0.25, 0.3) is 0 Å². The molecule has 0 aliphatic heterocycles. The van der Waals surface area contributed by atoms with Crippen molar-refractivity contribution in [2.75, 3.05) is 13.2 Å². The maximum absolute atomic E-state index is 12.9. The molecular weight excluding hydrogens is 841 g/mol. The second-order valence-electron chi connectivity index (χ2n) is 19.2. The van der Waals surface area contributed by atoms with Crippen LogP contribution in [0.3, 0.4) is 0 Å². The lowest BCUT2D eigenvalue weighted by atomic mass is 10.0. The summed E-state index contributed by atoms with van der Waals surface area (Å²) in [7, 11) is 0. The number of esters is 3. The SMILES string of the molecule is CC/C=C\C/C=C\C/C=C\C/C=C\C/C=C\CCCCCC(=O)OC[C@@H](COC(=O)CCCCCCC/C=C\CCCCCC)OC(=O)CCCCCCCCCCCCCCCCCCCC. The van der Waals surface area contributed by atoms with E-state index in [-0.39, 0.29) is 31.1 Å². The Kier molecular flexibility index (Phi) is 53.8. The Hall–Kier alpha value is -3.15. The lowest BCUT2D eigenvalue weighted by Crippen LogP contribution is -2.30. The average molecular weight is 950 g/mol. The Labute approximate surface area is 421 Å². The predicted molar refractivity (Wildman–Crippen MR) is 293 cm³/mol. The Balaban J connectivity index is 4.41. The highest BCUT2D eigenvalue weighted by molar-refractivity contribution is 5.71. The molecule has 6 heteroatoms. The number of allylic oxidation sites excluding steroid dienone is 12. The Morgan fingerprint density at radius 1 is 0.309 bits per heavy atom. The largest absolute Gasteiger partial charge is 0.462 e. The van der Waals surface area contributed by atoms with Gasteiger partial charge in [0.2, 0.25) is 0 Å². The molecule has 0 N–H and O–H groups in total. The van der Waals surface area contributed by atoms with Crippen LogP contribution < -0.4 is 0 Å². The van der Waals surface area contributed by atoms with Crippen LogP contribution in [-0.2, 0) is 28.6 Å². The number of carbonyl (C=O) groups is 3. The molecule has 0 aromatic rings. The van der Waals surface area contributed by atoms with Crippen LogP contribution in [0.2, 0.25) is 0 Å². The van der Waals surface area contributed by atoms with E-state index in [0.29, 0.717) is 19.3 Å². The quantitative estimate of drug-likeness (QED) is 0.0262. The van der Waals surface area contributed by atoms with Gasteiger partial charge in [0.1, 0.15) is 13.2 Å². The van der Waals surface area contributed by atoms with Crippen molar-refractivity contribution in [1.29, 1.82) is 0 Å². The first-order valence-electron chi connectivity index (χ1n) is 28.9. The fourth-order valence-electron chi connectivity index (χ4n) is 8.11. The van der Waals surface area contributed by atoms with E-state index in [4.69, 9.17) is 14.2 Å². The van der Waals surface area contributed by atoms with Crippen LogP contribution >= 0.6 is 0 Å². The first kappa shape index (κ1) is 64.8. The third-order valence-electron chi connectivity index (χ3n) is 12.4. The van der Waals surface area contributed by atoms with Crippen molar-refractivity contribution in [2.45, 2.75) is 290 Å². The van der Waals surface area contributed by atoms with E-state index < -0.39 is 6.10 Å². The zero-order valence-corrected chi connectivity index (χ0v) is 44.9. The zero-order chi connectivity index (χ0) is 49.3. The second-order valence-corrected chi connectivity index (χ2v) is 19.2. The molecule has 0 saturated heterocycles. The summed E-state index contributed by atoms with van der Waals surface area (Å²) in [6.07, 6.45) is 71.8. The van der Waals surface area contributed by atoms with Gasteiger partial charge in [0.15, 0.2) is 6.10 Å². The highest BCUT2D eigenvalue weighted by Gasteiger charge is 2.19. The van der Waals surface area contributed by atoms with Gasteiger partial charge in [-0.3, -0.25) is 14.4 Å². The monoisotopic (exact) mass is 949 g/mol. The van der Waals surface area contributed by atoms with Crippen molar-refractivity contribution in [2.24, 2.45) is 0 Å². The third kappa shape index (κ3) is 53.8. The molecule has 0 aliphatic rings. The fraction of sp³-hybridized carbons (Fsp3) is 0.758. The first-order valence-corrected chi connectivity index (χ1v) is 28.9. The minimum absolute atomic E-state index is 0.0883. The van der Waals surface area contributed by atoms with E-state index in [9.17, 15) is 14.4 Å². The van der Waals surface area contributed by atoms with Crippen molar-refractivity contribution >= 4 is 17.9 Å². The molecule has 0 amide bonds. The number of ether oxygens (including phenoxy) is 3. The molecule has 0 bridgehead atoms. The molecule has 0 radical (unpaired) electrons. The Bertz CT molecular complexity index is 1270. The predicted octanol–water partition coefficient (Wildman–Crippen LogP) is 19.4. The summed E-state index contributed by atoms with van der Waals surface area (Å²) in [6, 6.07) is 0. The minimum Gasteiger partial charge on any atom is -0.462 e. The highest BCUT2D eigenvalue weighted by atomic mass is 16.6. The summed E-state index contributed by atoms with van der Waals surface area (Å²) < 4.78 is 16.8. The molecule has 0 rings (SSSR count). The number of hydrogen-bond donors (Lipinski definition) is 0. The molecule has 0 heterocycles. The van der Waals surface area contributed by atoms with Crippen LogP contribution in [0.15, 0.2) is 72.9 Å². The van der Waals surface area contributed by atoms with Gasteiger partial charge >= 0.3 is 17.9 Å². The van der Waals surface area contributed by atoms with E-state index >= 15 is 0 Å². The lowest BCUT2D eigenvalue weighted by molar-refractivity contribution is -0.167. The first-order chi connectivity index (χ1) is 33.5. The molecule has 0 aromatic heterocycles. The van der Waals surface area contributed by atoms with Crippen LogP contribution in [0, 0.1) is 0 Å². The molecule has 0 saturated carbocycles. The summed E-state index contributed by atoms with van der Waals surface area (Å²) in [5.41, 5.74) is 0. The van der Waals surface area contributed by atoms with Crippen molar-refractivity contribution in [1.82, 2.24) is 0 Å². The number of rotatable bonds is 52. The second kappa shape index (κ2) is 56.4. The minimum atomic E-state index is -0.791. The number of carbonyl (C=O) groups excluding carboxylic acids is 3. The van der Waals surface area contributed by atoms with Gasteiger partial charge in [-0.15, -0.1) is 0 Å². The van der Waals surface area contributed by atoms with Gasteiger partial charge in [-0.2, -0.15) is 0 Å². The average Bonchev–Trinajstić information content (AvgIpc) is 3.34. The van der Waals surface area contributed by atoms with Crippen LogP contribution in [0.1, 0.15) is 284 Å². The van der Waals surface area contributed by atoms with Crippen molar-refractivity contribution in [3.63, 3.8) is 0 Å². The van der Waals surface area contributed by atoms with Gasteiger partial charge in [-0.05, 0) is 89.9 Å². The van der Waals surface area contributed by atoms with Gasteiger partial charge < -0.3 is 14.2 Å². The maximum Gasteiger partial charge on any atom is 0.306 e. The van der Waals surface area contributed by atoms with Gasteiger partial charge in [0.25, 0.3) is 0 Å². The van der Waals surface area contributed by atoms with E-state index in [1.165, 1.54) is 141 Å². The van der Waals surface area contributed by atoms with E-state index in [1.807, 2.05) is 0 Å². The lowest BCUT2D eigenvalue weighted by Gasteiger charge is -2.18. The molecule has 0 spiro atoms. The summed E-state index contributed by atoms with van der Waals surface area (Å²) in [5, 5.41) is 0. The topological polar surface area (TPSA) is 78.9 Å². The zero-order valence-electron chi connectivity index (χ0n) is 44.9.